The van der Waals surface area contributed by atoms with E-state index in [1.165, 1.54) is 167 Å². The summed E-state index contributed by atoms with van der Waals surface area (Å²) in [5, 5.41) is 8.78. The van der Waals surface area contributed by atoms with Gasteiger partial charge in [0.25, 0.3) is 0 Å². The van der Waals surface area contributed by atoms with Gasteiger partial charge in [-0.15, -0.1) is 0 Å². The van der Waals surface area contributed by atoms with E-state index in [2.05, 4.69) is 52.2 Å². The zero-order chi connectivity index (χ0) is 54.4. The molecule has 11 nitrogen and oxygen atoms in total. The molecular formula is C63H114BrNO10. The first-order chi connectivity index (χ1) is 35.9. The molecule has 0 fully saturated rings. The highest BCUT2D eigenvalue weighted by Crippen LogP contribution is 2.15. The van der Waals surface area contributed by atoms with E-state index in [4.69, 9.17) is 19.3 Å². The average Bonchev–Trinajstić information content (AvgIpc) is 3.37. The molecule has 0 aromatic heterocycles. The third kappa shape index (κ3) is 56.2. The molecule has 0 aliphatic carbocycles. The number of nitrogens with zero attached hydrogens (tertiary/aromatic N) is 1. The van der Waals surface area contributed by atoms with Crippen LogP contribution in [0.2, 0.25) is 0 Å². The predicted molar refractivity (Wildman–Crippen MR) is 304 cm³/mol. The lowest BCUT2D eigenvalue weighted by molar-refractivity contribution is -0.893. The van der Waals surface area contributed by atoms with Crippen LogP contribution in [0.3, 0.4) is 0 Å². The summed E-state index contributed by atoms with van der Waals surface area (Å²) in [4.78, 5) is 72.7. The summed E-state index contributed by atoms with van der Waals surface area (Å²) in [6, 6.07) is 0. The van der Waals surface area contributed by atoms with Crippen molar-refractivity contribution in [1.82, 2.24) is 0 Å². The van der Waals surface area contributed by atoms with E-state index in [1.807, 2.05) is 0 Å². The lowest BCUT2D eigenvalue weighted by Gasteiger charge is -2.33. The summed E-state index contributed by atoms with van der Waals surface area (Å²) in [5.74, 6) is -1.29. The molecule has 0 radical (unpaired) electrons. The van der Waals surface area contributed by atoms with E-state index in [1.54, 1.807) is 0 Å². The normalized spacial score (nSPS) is 12.1. The number of halogens is 1. The summed E-state index contributed by atoms with van der Waals surface area (Å²) < 4.78 is 18.9. The van der Waals surface area contributed by atoms with Gasteiger partial charge in [-0.1, -0.05) is 154 Å². The molecule has 0 bridgehead atoms. The third-order valence-corrected chi connectivity index (χ3v) is 14.0. The van der Waals surface area contributed by atoms with Crippen LogP contribution in [0.5, 0.6) is 0 Å². The molecule has 0 spiro atoms. The van der Waals surface area contributed by atoms with E-state index in [0.29, 0.717) is 13.0 Å². The molecule has 0 rings (SSSR count). The molecule has 438 valence electrons. The minimum atomic E-state index is -0.329. The maximum absolute atomic E-state index is 12.5. The Morgan fingerprint density at radius 2 is 0.773 bits per heavy atom. The number of aliphatic hydroxyl groups is 1. The number of ether oxygens (including phenoxy) is 3. The quantitative estimate of drug-likeness (QED) is 0.0270. The Hall–Kier alpha value is -2.38. The van der Waals surface area contributed by atoms with Crippen molar-refractivity contribution in [2.45, 2.75) is 283 Å². The Labute approximate surface area is 470 Å². The van der Waals surface area contributed by atoms with Gasteiger partial charge in [0.15, 0.2) is 0 Å². The van der Waals surface area contributed by atoms with Crippen LogP contribution < -0.4 is 17.0 Å². The van der Waals surface area contributed by atoms with E-state index in [9.17, 15) is 28.8 Å². The maximum Gasteiger partial charge on any atom is 0.305 e. The molecule has 75 heavy (non-hydrogen) atoms. The van der Waals surface area contributed by atoms with Crippen molar-refractivity contribution in [1.29, 1.82) is 0 Å². The standard InChI is InChI=1S/C63H114NO10.BrH/c1-5-7-9-11-13-15-17-19-21-23-25-27-29-31-33-37-52-72-56-62(73-53-38-34-32-30-28-26-24-22-20-18-16-14-12-10-8-6-2)55-64(3,4)50-36-35-39-63(71)74-54-49-61(70)47-45-59(68)43-41-57(66)40-42-58(67)44-46-60(69)48-51-65;/h19-22,62,65H,5-18,23-56H2,1-4H3;1H/q+1;/p-1. The van der Waals surface area contributed by atoms with E-state index in [0.717, 1.165) is 50.0 Å². The molecule has 0 saturated heterocycles. The summed E-state index contributed by atoms with van der Waals surface area (Å²) in [6.45, 7) is 8.13. The number of quaternary nitrogens is 1. The number of likely N-dealkylation sites (N-methyl/N-ethyl adjacent to an activating group) is 1. The summed E-state index contributed by atoms with van der Waals surface area (Å²) in [5.41, 5.74) is 0. The van der Waals surface area contributed by atoms with Gasteiger partial charge in [0, 0.05) is 90.4 Å². The zero-order valence-corrected chi connectivity index (χ0v) is 50.4. The number of allylic oxidation sites excluding steroid dienone is 4. The second-order valence-electron chi connectivity index (χ2n) is 21.9. The summed E-state index contributed by atoms with van der Waals surface area (Å²) in [7, 11) is 4.44. The monoisotopic (exact) mass is 1120 g/mol. The van der Waals surface area contributed by atoms with Gasteiger partial charge in [-0.2, -0.15) is 0 Å². The van der Waals surface area contributed by atoms with Crippen LogP contribution in [0, 0.1) is 0 Å². The SMILES string of the molecule is CCCCCCCCC=CCCCCCCCCOCC(C[N+](C)(C)CCCCC(=O)OCCC(=O)CCC(=O)CCC(=O)CCC(=O)CCC(=O)CCO)OCCCCCCCCC=CCCCCCCCC.[Br-]. The molecule has 1 N–H and O–H groups in total. The highest BCUT2D eigenvalue weighted by Gasteiger charge is 2.23. The maximum atomic E-state index is 12.5. The number of unbranched alkanes of at least 4 members (excludes halogenated alkanes) is 25. The number of hydrogen-bond donors (Lipinski definition) is 1. The van der Waals surface area contributed by atoms with Crippen LogP contribution in [0.1, 0.15) is 277 Å². The van der Waals surface area contributed by atoms with Crippen LogP contribution in [-0.4, -0.2) is 111 Å². The van der Waals surface area contributed by atoms with Gasteiger partial charge in [0.2, 0.25) is 0 Å². The summed E-state index contributed by atoms with van der Waals surface area (Å²) >= 11 is 0. The zero-order valence-electron chi connectivity index (χ0n) is 48.8. The molecule has 0 aliphatic heterocycles. The second-order valence-corrected chi connectivity index (χ2v) is 21.9. The number of carbonyl (C=O) groups is 6. The third-order valence-electron chi connectivity index (χ3n) is 14.0. The highest BCUT2D eigenvalue weighted by atomic mass is 79.9. The van der Waals surface area contributed by atoms with Crippen LogP contribution >= 0.6 is 0 Å². The van der Waals surface area contributed by atoms with Gasteiger partial charge in [-0.05, 0) is 77.0 Å². The fraction of sp³-hybridized carbons (Fsp3) is 0.841. The van der Waals surface area contributed by atoms with Crippen molar-refractivity contribution in [3.63, 3.8) is 0 Å². The van der Waals surface area contributed by atoms with Gasteiger partial charge < -0.3 is 40.8 Å². The van der Waals surface area contributed by atoms with Crippen LogP contribution in [0.25, 0.3) is 0 Å². The fourth-order valence-corrected chi connectivity index (χ4v) is 9.09. The molecule has 0 aromatic carbocycles. The highest BCUT2D eigenvalue weighted by molar-refractivity contribution is 5.91. The smallest absolute Gasteiger partial charge is 0.305 e. The van der Waals surface area contributed by atoms with Crippen molar-refractivity contribution in [3.05, 3.63) is 24.3 Å². The first kappa shape index (κ1) is 74.7. The number of ketones is 5. The first-order valence-electron chi connectivity index (χ1n) is 30.6. The minimum Gasteiger partial charge on any atom is -1.00 e. The lowest BCUT2D eigenvalue weighted by atomic mass is 10.0. The molecule has 0 saturated carbocycles. The Morgan fingerprint density at radius 3 is 1.19 bits per heavy atom. The Balaban J connectivity index is 0. The number of carbonyl (C=O) groups excluding carboxylic acids is 6. The number of aliphatic hydroxyl groups excluding tert-OH is 1. The van der Waals surface area contributed by atoms with Crippen LogP contribution in [-0.2, 0) is 43.0 Å². The van der Waals surface area contributed by atoms with E-state index < -0.39 is 0 Å². The van der Waals surface area contributed by atoms with Crippen molar-refractivity contribution in [3.8, 4) is 0 Å². The van der Waals surface area contributed by atoms with Gasteiger partial charge in [-0.3, -0.25) is 28.8 Å². The second kappa shape index (κ2) is 56.3. The number of Topliss-reactive ketones (excluding diaryl/α,β-unsaturated/α-hetero) is 5. The van der Waals surface area contributed by atoms with Gasteiger partial charge in [0.05, 0.1) is 33.9 Å². The van der Waals surface area contributed by atoms with Crippen molar-refractivity contribution < 1.29 is 69.5 Å². The Bertz CT molecular complexity index is 1450. The molecular weight excluding hydrogens is 1010 g/mol. The van der Waals surface area contributed by atoms with Crippen LogP contribution in [0.4, 0.5) is 0 Å². The Kier molecular flexibility index (Phi) is 56.1. The van der Waals surface area contributed by atoms with E-state index in [-0.39, 0.29) is 142 Å². The van der Waals surface area contributed by atoms with Crippen molar-refractivity contribution in [2.75, 3.05) is 60.2 Å². The van der Waals surface area contributed by atoms with Crippen molar-refractivity contribution in [2.24, 2.45) is 0 Å². The number of esters is 1. The average molecular weight is 1130 g/mol. The molecule has 0 amide bonds. The predicted octanol–water partition coefficient (Wildman–Crippen LogP) is 12.0. The van der Waals surface area contributed by atoms with Gasteiger partial charge in [0.1, 0.15) is 41.6 Å². The topological polar surface area (TPSA) is 150 Å². The van der Waals surface area contributed by atoms with Crippen LogP contribution in [0.15, 0.2) is 24.3 Å². The van der Waals surface area contributed by atoms with Gasteiger partial charge >= 0.3 is 5.97 Å². The molecule has 0 aromatic rings. The fourth-order valence-electron chi connectivity index (χ4n) is 9.09. The number of hydrogen-bond acceptors (Lipinski definition) is 10. The minimum absolute atomic E-state index is 0. The van der Waals surface area contributed by atoms with Gasteiger partial charge in [-0.25, -0.2) is 0 Å². The molecule has 0 heterocycles. The van der Waals surface area contributed by atoms with E-state index >= 15 is 0 Å². The molecule has 1 atom stereocenters. The molecule has 1 unspecified atom stereocenters. The molecule has 12 heteroatoms. The molecule has 0 aliphatic rings. The van der Waals surface area contributed by atoms with Crippen molar-refractivity contribution >= 4 is 34.9 Å². The number of rotatable bonds is 59. The first-order valence-corrected chi connectivity index (χ1v) is 30.6. The lowest BCUT2D eigenvalue weighted by Crippen LogP contribution is -3.00. The summed E-state index contributed by atoms with van der Waals surface area (Å²) in [6.07, 6.45) is 47.7. The largest absolute Gasteiger partial charge is 1.00 e. The Morgan fingerprint density at radius 1 is 0.413 bits per heavy atom.